The fraction of sp³-hybridized carbons (Fsp3) is 0.600. The Kier molecular flexibility index (Phi) is 6.64. The zero-order valence-electron chi connectivity index (χ0n) is 14.7. The minimum Gasteiger partial charge on any atom is -0.369 e. The highest BCUT2D eigenvalue weighted by atomic mass is 32.1. The third-order valence-corrected chi connectivity index (χ3v) is 8.64. The highest BCUT2D eigenvalue weighted by Gasteiger charge is 2.62. The quantitative estimate of drug-likeness (QED) is 0.175. The van der Waals surface area contributed by atoms with E-state index in [1.807, 2.05) is 0 Å². The van der Waals surface area contributed by atoms with Crippen molar-refractivity contribution in [1.29, 1.82) is 0 Å². The summed E-state index contributed by atoms with van der Waals surface area (Å²) in [6.45, 7) is -1.20. The van der Waals surface area contributed by atoms with Gasteiger partial charge in [0, 0.05) is 0 Å². The highest BCUT2D eigenvalue weighted by molar-refractivity contribution is 7.81. The number of aromatic nitrogens is 2. The van der Waals surface area contributed by atoms with Crippen LogP contribution in [0.2, 0.25) is 0 Å². The summed E-state index contributed by atoms with van der Waals surface area (Å²) in [5, 5.41) is -0.938. The molecule has 21 heteroatoms. The van der Waals surface area contributed by atoms with Gasteiger partial charge in [0.1, 0.15) is 11.7 Å². The van der Waals surface area contributed by atoms with Gasteiger partial charge in [0.15, 0.2) is 6.23 Å². The van der Waals surface area contributed by atoms with Gasteiger partial charge in [-0.15, -0.1) is 0 Å². The van der Waals surface area contributed by atoms with Crippen LogP contribution in [0.5, 0.6) is 0 Å². The van der Waals surface area contributed by atoms with Crippen LogP contribution in [-0.2, 0) is 36.3 Å². The van der Waals surface area contributed by atoms with Gasteiger partial charge in [-0.2, -0.15) is 25.6 Å². The zero-order valence-corrected chi connectivity index (χ0v) is 18.3. The SMILES string of the molecule is O=c1[nH]c(=O)n([C@@H]2O[C@@]3(COP(=O)(O)OP(=O)(O)OP(=O)(O)O)CO[C@@H]2[C@@H]3S)cc1F. The van der Waals surface area contributed by atoms with Gasteiger partial charge in [0.05, 0.1) is 24.7 Å². The van der Waals surface area contributed by atoms with Gasteiger partial charge in [-0.1, -0.05) is 0 Å². The molecule has 3 rings (SSSR count). The lowest BCUT2D eigenvalue weighted by atomic mass is 10.0. The second-order valence-corrected chi connectivity index (χ2v) is 11.3. The maximum absolute atomic E-state index is 13.6. The molecule has 0 aliphatic carbocycles. The van der Waals surface area contributed by atoms with E-state index in [2.05, 4.69) is 25.8 Å². The van der Waals surface area contributed by atoms with E-state index in [4.69, 9.17) is 24.2 Å². The Hall–Kier alpha value is -0.710. The van der Waals surface area contributed by atoms with Crippen molar-refractivity contribution in [1.82, 2.24) is 9.55 Å². The molecule has 0 saturated carbocycles. The van der Waals surface area contributed by atoms with Crippen molar-refractivity contribution in [2.24, 2.45) is 0 Å². The summed E-state index contributed by atoms with van der Waals surface area (Å²) >= 11 is 4.24. The summed E-state index contributed by atoms with van der Waals surface area (Å²) in [5.41, 5.74) is -3.96. The van der Waals surface area contributed by atoms with Crippen LogP contribution < -0.4 is 11.2 Å². The van der Waals surface area contributed by atoms with E-state index in [-0.39, 0.29) is 6.61 Å². The molecule has 2 fully saturated rings. The van der Waals surface area contributed by atoms with Crippen LogP contribution in [0.25, 0.3) is 0 Å². The number of hydrogen-bond donors (Lipinski definition) is 6. The van der Waals surface area contributed by atoms with Crippen LogP contribution in [0.15, 0.2) is 15.8 Å². The number of aromatic amines is 1. The van der Waals surface area contributed by atoms with Crippen LogP contribution in [0.3, 0.4) is 0 Å². The monoisotopic (exact) mass is 530 g/mol. The van der Waals surface area contributed by atoms with Gasteiger partial charge in [-0.3, -0.25) is 18.9 Å². The molecule has 6 atom stereocenters. The highest BCUT2D eigenvalue weighted by Crippen LogP contribution is 2.66. The Morgan fingerprint density at radius 2 is 1.87 bits per heavy atom. The van der Waals surface area contributed by atoms with E-state index in [0.717, 1.165) is 0 Å². The molecular weight excluding hydrogens is 516 g/mol. The molecule has 5 N–H and O–H groups in total. The number of nitrogens with zero attached hydrogens (tertiary/aromatic N) is 1. The van der Waals surface area contributed by atoms with Crippen LogP contribution in [-0.4, -0.2) is 59.3 Å². The van der Waals surface area contributed by atoms with Gasteiger partial charge in [-0.05, 0) is 0 Å². The molecule has 0 amide bonds. The topological polar surface area (TPSA) is 233 Å². The van der Waals surface area contributed by atoms with E-state index >= 15 is 0 Å². The van der Waals surface area contributed by atoms with Gasteiger partial charge in [-0.25, -0.2) is 18.5 Å². The first-order chi connectivity index (χ1) is 14.0. The molecule has 2 unspecified atom stereocenters. The maximum Gasteiger partial charge on any atom is 0.490 e. The Morgan fingerprint density at radius 3 is 2.48 bits per heavy atom. The van der Waals surface area contributed by atoms with Gasteiger partial charge < -0.3 is 29.0 Å². The lowest BCUT2D eigenvalue weighted by Crippen LogP contribution is -2.44. The molecule has 2 bridgehead atoms. The smallest absolute Gasteiger partial charge is 0.369 e. The van der Waals surface area contributed by atoms with Crippen molar-refractivity contribution in [2.75, 3.05) is 13.2 Å². The van der Waals surface area contributed by atoms with Crippen molar-refractivity contribution in [3.05, 3.63) is 32.9 Å². The van der Waals surface area contributed by atoms with Crippen LogP contribution in [0.1, 0.15) is 6.23 Å². The normalized spacial score (nSPS) is 32.0. The van der Waals surface area contributed by atoms with E-state index < -0.39 is 70.3 Å². The van der Waals surface area contributed by atoms with Crippen molar-refractivity contribution in [3.63, 3.8) is 0 Å². The molecule has 1 aromatic rings. The number of nitrogens with one attached hydrogen (secondary N) is 1. The molecule has 0 aromatic carbocycles. The number of H-pyrrole nitrogens is 1. The molecule has 16 nitrogen and oxygen atoms in total. The Labute approximate surface area is 175 Å². The van der Waals surface area contributed by atoms with Crippen LogP contribution in [0.4, 0.5) is 4.39 Å². The summed E-state index contributed by atoms with van der Waals surface area (Å²) in [6.07, 6.45) is -1.78. The first-order valence-electron chi connectivity index (χ1n) is 7.81. The standard InChI is InChI=1S/C10H14FN2O14P3S/c11-4-1-13(9(15)12-7(4)14)8-5-6(31)10(25-8,2-23-5)3-24-29(19,20)27-30(21,22)26-28(16,17)18/h1,5-6,8,31H,2-3H2,(H,19,20)(H,21,22)(H,12,14,15)(H2,16,17,18)/t5-,6+,8-,10-/m1/s1. The number of fused-ring (bicyclic) bond motifs is 2. The number of phosphoric acid groups is 3. The lowest BCUT2D eigenvalue weighted by molar-refractivity contribution is -0.183. The summed E-state index contributed by atoms with van der Waals surface area (Å²) in [6, 6.07) is 0. The van der Waals surface area contributed by atoms with Crippen molar-refractivity contribution in [2.45, 2.75) is 23.2 Å². The van der Waals surface area contributed by atoms with E-state index in [0.29, 0.717) is 10.8 Å². The summed E-state index contributed by atoms with van der Waals surface area (Å²) in [5.74, 6) is -1.30. The van der Waals surface area contributed by atoms with Crippen molar-refractivity contribution < 1.29 is 60.3 Å². The van der Waals surface area contributed by atoms with Crippen LogP contribution in [0, 0.1) is 5.82 Å². The maximum atomic E-state index is 13.6. The summed E-state index contributed by atoms with van der Waals surface area (Å²) < 4.78 is 70.9. The van der Waals surface area contributed by atoms with E-state index in [1.54, 1.807) is 4.98 Å². The number of rotatable bonds is 8. The zero-order chi connectivity index (χ0) is 23.4. The number of halogens is 1. The van der Waals surface area contributed by atoms with E-state index in [1.165, 1.54) is 0 Å². The molecule has 2 saturated heterocycles. The first-order valence-corrected chi connectivity index (χ1v) is 12.8. The predicted octanol–water partition coefficient (Wildman–Crippen LogP) is -1.02. The third-order valence-electron chi connectivity index (χ3n) is 4.09. The molecule has 1 aromatic heterocycles. The average Bonchev–Trinajstić information content (AvgIpc) is 3.03. The molecule has 3 heterocycles. The average molecular weight is 530 g/mol. The largest absolute Gasteiger partial charge is 0.490 e. The summed E-state index contributed by atoms with van der Waals surface area (Å²) in [4.78, 5) is 60.6. The molecule has 176 valence electrons. The summed E-state index contributed by atoms with van der Waals surface area (Å²) in [7, 11) is -16.7. The van der Waals surface area contributed by atoms with Crippen molar-refractivity contribution >= 4 is 36.1 Å². The minimum atomic E-state index is -5.72. The number of hydrogen-bond acceptors (Lipinski definition) is 11. The van der Waals surface area contributed by atoms with Gasteiger partial charge in [0.25, 0.3) is 5.56 Å². The minimum absolute atomic E-state index is 0.307. The third kappa shape index (κ3) is 5.45. The Morgan fingerprint density at radius 1 is 1.23 bits per heavy atom. The van der Waals surface area contributed by atoms with Crippen molar-refractivity contribution in [3.8, 4) is 0 Å². The molecule has 0 spiro atoms. The second-order valence-electron chi connectivity index (χ2n) is 6.30. The lowest BCUT2D eigenvalue weighted by Gasteiger charge is -2.31. The fourth-order valence-electron chi connectivity index (χ4n) is 2.88. The number of ether oxygens (including phenoxy) is 2. The number of phosphoric ester groups is 1. The molecule has 2 aliphatic heterocycles. The fourth-order valence-corrected chi connectivity index (χ4v) is 6.40. The Balaban J connectivity index is 1.75. The molecule has 0 radical (unpaired) electrons. The molecule has 2 aliphatic rings. The van der Waals surface area contributed by atoms with Crippen LogP contribution >= 0.6 is 36.1 Å². The predicted molar refractivity (Wildman–Crippen MR) is 96.5 cm³/mol. The molecular formula is C10H14FN2O14P3S. The first kappa shape index (κ1) is 24.9. The van der Waals surface area contributed by atoms with Gasteiger partial charge in [0.2, 0.25) is 5.82 Å². The van der Waals surface area contributed by atoms with E-state index in [9.17, 15) is 32.6 Å². The number of thiol groups is 1. The second kappa shape index (κ2) is 8.25. The van der Waals surface area contributed by atoms with Gasteiger partial charge >= 0.3 is 29.2 Å². The Bertz CT molecular complexity index is 1130. The molecule has 31 heavy (non-hydrogen) atoms.